The van der Waals surface area contributed by atoms with Gasteiger partial charge in [-0.25, -0.2) is 0 Å². The molecule has 0 aromatic carbocycles. The molecule has 1 heteroatoms. The van der Waals surface area contributed by atoms with Crippen LogP contribution in [0.3, 0.4) is 0 Å². The second-order valence-electron chi connectivity index (χ2n) is 4.80. The van der Waals surface area contributed by atoms with Gasteiger partial charge in [0.05, 0.1) is 0 Å². The molecule has 0 saturated heterocycles. The number of rotatable bonds is 1. The van der Waals surface area contributed by atoms with Crippen LogP contribution in [0.1, 0.15) is 46.0 Å². The van der Waals surface area contributed by atoms with Crippen LogP contribution >= 0.6 is 0 Å². The summed E-state index contributed by atoms with van der Waals surface area (Å²) in [5.74, 6) is 1.72. The van der Waals surface area contributed by atoms with Gasteiger partial charge in [-0.2, -0.15) is 0 Å². The van der Waals surface area contributed by atoms with Gasteiger partial charge in [0.25, 0.3) is 0 Å². The van der Waals surface area contributed by atoms with E-state index in [0.717, 1.165) is 12.8 Å². The highest BCUT2D eigenvalue weighted by molar-refractivity contribution is 5.83. The van der Waals surface area contributed by atoms with Crippen LogP contribution in [0.15, 0.2) is 0 Å². The topological polar surface area (TPSA) is 17.1 Å². The standard InChI is InChI=1S/C11H18O/c1-8(2)11-6-3-4-10(12)9(11)5-7-11/h8-9H,3-7H2,1-2H3/t9-,11-/m0/s1. The van der Waals surface area contributed by atoms with E-state index in [4.69, 9.17) is 0 Å². The van der Waals surface area contributed by atoms with Gasteiger partial charge in [-0.05, 0) is 37.0 Å². The number of hydrogen-bond donors (Lipinski definition) is 0. The molecule has 68 valence electrons. The molecule has 0 unspecified atom stereocenters. The van der Waals surface area contributed by atoms with Crippen molar-refractivity contribution in [2.75, 3.05) is 0 Å². The zero-order valence-electron chi connectivity index (χ0n) is 8.10. The monoisotopic (exact) mass is 166 g/mol. The van der Waals surface area contributed by atoms with Crippen LogP contribution in [-0.2, 0) is 4.79 Å². The van der Waals surface area contributed by atoms with Crippen molar-refractivity contribution >= 4 is 5.78 Å². The molecule has 2 aliphatic carbocycles. The molecule has 0 radical (unpaired) electrons. The van der Waals surface area contributed by atoms with Crippen LogP contribution in [0.2, 0.25) is 0 Å². The van der Waals surface area contributed by atoms with Crippen LogP contribution in [0.5, 0.6) is 0 Å². The lowest BCUT2D eigenvalue weighted by atomic mass is 9.49. The lowest BCUT2D eigenvalue weighted by Gasteiger charge is -2.54. The van der Waals surface area contributed by atoms with Gasteiger partial charge in [0, 0.05) is 12.3 Å². The first-order valence-electron chi connectivity index (χ1n) is 5.19. The highest BCUT2D eigenvalue weighted by Crippen LogP contribution is 2.58. The summed E-state index contributed by atoms with van der Waals surface area (Å²) in [7, 11) is 0. The Morgan fingerprint density at radius 2 is 2.17 bits per heavy atom. The molecule has 0 N–H and O–H groups in total. The third-order valence-electron chi connectivity index (χ3n) is 4.20. The van der Waals surface area contributed by atoms with Gasteiger partial charge in [0.15, 0.2) is 0 Å². The van der Waals surface area contributed by atoms with Crippen molar-refractivity contribution in [2.45, 2.75) is 46.0 Å². The lowest BCUT2D eigenvalue weighted by molar-refractivity contribution is -0.144. The van der Waals surface area contributed by atoms with E-state index in [-0.39, 0.29) is 0 Å². The Bertz CT molecular complexity index is 207. The predicted octanol–water partition coefficient (Wildman–Crippen LogP) is 2.79. The molecule has 0 aromatic heterocycles. The van der Waals surface area contributed by atoms with Gasteiger partial charge in [0.2, 0.25) is 0 Å². The summed E-state index contributed by atoms with van der Waals surface area (Å²) in [6, 6.07) is 0. The van der Waals surface area contributed by atoms with Crippen molar-refractivity contribution in [3.63, 3.8) is 0 Å². The van der Waals surface area contributed by atoms with Gasteiger partial charge in [0.1, 0.15) is 5.78 Å². The molecule has 2 rings (SSSR count). The summed E-state index contributed by atoms with van der Waals surface area (Å²) in [5, 5.41) is 0. The fourth-order valence-corrected chi connectivity index (χ4v) is 3.19. The molecule has 0 aromatic rings. The summed E-state index contributed by atoms with van der Waals surface area (Å²) < 4.78 is 0. The number of hydrogen-bond acceptors (Lipinski definition) is 1. The lowest BCUT2D eigenvalue weighted by Crippen LogP contribution is -2.50. The Balaban J connectivity index is 2.19. The van der Waals surface area contributed by atoms with E-state index in [2.05, 4.69) is 13.8 Å². The molecule has 0 amide bonds. The molecule has 0 aliphatic heterocycles. The van der Waals surface area contributed by atoms with Gasteiger partial charge in [-0.15, -0.1) is 0 Å². The van der Waals surface area contributed by atoms with Crippen LogP contribution in [0.4, 0.5) is 0 Å². The van der Waals surface area contributed by atoms with Crippen LogP contribution in [0.25, 0.3) is 0 Å². The molecule has 12 heavy (non-hydrogen) atoms. The average molecular weight is 166 g/mol. The largest absolute Gasteiger partial charge is 0.299 e. The summed E-state index contributed by atoms with van der Waals surface area (Å²) in [6.07, 6.45) is 5.80. The predicted molar refractivity (Wildman–Crippen MR) is 48.9 cm³/mol. The smallest absolute Gasteiger partial charge is 0.136 e. The second kappa shape index (κ2) is 2.58. The third kappa shape index (κ3) is 0.884. The molecule has 2 saturated carbocycles. The van der Waals surface area contributed by atoms with Crippen molar-refractivity contribution in [1.82, 2.24) is 0 Å². The van der Waals surface area contributed by atoms with Crippen LogP contribution in [0, 0.1) is 17.3 Å². The first-order chi connectivity index (χ1) is 5.67. The minimum Gasteiger partial charge on any atom is -0.299 e. The van der Waals surface area contributed by atoms with E-state index >= 15 is 0 Å². The zero-order chi connectivity index (χ0) is 8.77. The van der Waals surface area contributed by atoms with E-state index in [9.17, 15) is 4.79 Å². The van der Waals surface area contributed by atoms with Gasteiger partial charge in [-0.3, -0.25) is 4.79 Å². The molecule has 0 spiro atoms. The molecule has 2 atom stereocenters. The van der Waals surface area contributed by atoms with Crippen LogP contribution < -0.4 is 0 Å². The van der Waals surface area contributed by atoms with E-state index in [1.807, 2.05) is 0 Å². The Labute approximate surface area is 74.5 Å². The number of ketones is 1. The molecule has 2 fully saturated rings. The average Bonchev–Trinajstić information content (AvgIpc) is 1.92. The normalized spacial score (nSPS) is 40.9. The molecule has 2 aliphatic rings. The molecular weight excluding hydrogens is 148 g/mol. The van der Waals surface area contributed by atoms with Crippen molar-refractivity contribution in [3.8, 4) is 0 Å². The molecular formula is C11H18O. The minimum absolute atomic E-state index is 0.440. The fraction of sp³-hybridized carbons (Fsp3) is 0.909. The number of carbonyl (C=O) groups is 1. The Morgan fingerprint density at radius 1 is 1.42 bits per heavy atom. The Kier molecular flexibility index (Phi) is 1.78. The summed E-state index contributed by atoms with van der Waals surface area (Å²) in [4.78, 5) is 11.6. The highest BCUT2D eigenvalue weighted by Gasteiger charge is 2.53. The molecule has 1 nitrogen and oxygen atoms in total. The minimum atomic E-state index is 0.440. The quantitative estimate of drug-likeness (QED) is 0.585. The van der Waals surface area contributed by atoms with Gasteiger partial charge in [-0.1, -0.05) is 13.8 Å². The van der Waals surface area contributed by atoms with Gasteiger partial charge >= 0.3 is 0 Å². The Morgan fingerprint density at radius 3 is 2.58 bits per heavy atom. The number of fused-ring (bicyclic) bond motifs is 1. The highest BCUT2D eigenvalue weighted by atomic mass is 16.1. The summed E-state index contributed by atoms with van der Waals surface area (Å²) >= 11 is 0. The SMILES string of the molecule is CC(C)[C@@]12CCCC(=O)[C@@H]1CC2. The van der Waals surface area contributed by atoms with E-state index < -0.39 is 0 Å². The van der Waals surface area contributed by atoms with Crippen molar-refractivity contribution in [2.24, 2.45) is 17.3 Å². The summed E-state index contributed by atoms with van der Waals surface area (Å²) in [5.41, 5.74) is 0.440. The number of Topliss-reactive ketones (excluding diaryl/α,β-unsaturated/α-hetero) is 1. The number of carbonyl (C=O) groups excluding carboxylic acids is 1. The van der Waals surface area contributed by atoms with E-state index in [1.54, 1.807) is 0 Å². The van der Waals surface area contributed by atoms with Crippen molar-refractivity contribution < 1.29 is 4.79 Å². The third-order valence-corrected chi connectivity index (χ3v) is 4.20. The van der Waals surface area contributed by atoms with Crippen molar-refractivity contribution in [1.29, 1.82) is 0 Å². The van der Waals surface area contributed by atoms with E-state index in [1.165, 1.54) is 19.3 Å². The fourth-order valence-electron chi connectivity index (χ4n) is 3.19. The summed E-state index contributed by atoms with van der Waals surface area (Å²) in [6.45, 7) is 4.57. The maximum absolute atomic E-state index is 11.6. The maximum atomic E-state index is 11.6. The van der Waals surface area contributed by atoms with Crippen molar-refractivity contribution in [3.05, 3.63) is 0 Å². The Hall–Kier alpha value is -0.330. The first-order valence-corrected chi connectivity index (χ1v) is 5.19. The van der Waals surface area contributed by atoms with Gasteiger partial charge < -0.3 is 0 Å². The van der Waals surface area contributed by atoms with E-state index in [0.29, 0.717) is 23.0 Å². The van der Waals surface area contributed by atoms with Crippen LogP contribution in [-0.4, -0.2) is 5.78 Å². The molecule has 0 heterocycles. The molecule has 0 bridgehead atoms. The zero-order valence-corrected chi connectivity index (χ0v) is 8.10. The second-order valence-corrected chi connectivity index (χ2v) is 4.80. The first kappa shape index (κ1) is 8.28. The maximum Gasteiger partial charge on any atom is 0.136 e.